The molecular formula is C22H33N5O7. The number of nitrogens with two attached hydrogens (primary N) is 2. The predicted octanol–water partition coefficient (Wildman–Crippen LogP) is -1.99. The molecule has 5 unspecified atom stereocenters. The topological polar surface area (TPSA) is 214 Å². The van der Waals surface area contributed by atoms with Gasteiger partial charge in [-0.15, -0.1) is 0 Å². The molecule has 0 saturated carbocycles. The molecule has 0 aliphatic rings. The van der Waals surface area contributed by atoms with E-state index in [2.05, 4.69) is 16.0 Å². The van der Waals surface area contributed by atoms with E-state index >= 15 is 0 Å². The van der Waals surface area contributed by atoms with Crippen LogP contribution in [0.4, 0.5) is 0 Å². The van der Waals surface area contributed by atoms with Crippen molar-refractivity contribution in [2.75, 3.05) is 0 Å². The summed E-state index contributed by atoms with van der Waals surface area (Å²) >= 11 is 0. The number of carboxylic acid groups (broad SMARTS) is 1. The zero-order chi connectivity index (χ0) is 26.0. The highest BCUT2D eigenvalue weighted by molar-refractivity contribution is 5.95. The minimum absolute atomic E-state index is 0.0184. The smallest absolute Gasteiger partial charge is 0.328 e. The Morgan fingerprint density at radius 3 is 1.91 bits per heavy atom. The zero-order valence-electron chi connectivity index (χ0n) is 19.4. The average molecular weight is 480 g/mol. The summed E-state index contributed by atoms with van der Waals surface area (Å²) in [6, 6.07) is 3.52. The minimum Gasteiger partial charge on any atom is -0.480 e. The number of hydrogen-bond donors (Lipinski definition) is 7. The first-order valence-corrected chi connectivity index (χ1v) is 10.7. The number of carbonyl (C=O) groups excluding carboxylic acids is 4. The van der Waals surface area contributed by atoms with E-state index in [1.54, 1.807) is 44.2 Å². The van der Waals surface area contributed by atoms with Gasteiger partial charge >= 0.3 is 5.97 Å². The largest absolute Gasteiger partial charge is 0.480 e. The molecule has 0 aromatic heterocycles. The summed E-state index contributed by atoms with van der Waals surface area (Å²) in [7, 11) is 0. The molecule has 4 amide bonds. The van der Waals surface area contributed by atoms with Crippen molar-refractivity contribution in [2.45, 2.75) is 63.9 Å². The Balaban J connectivity index is 3.09. The highest BCUT2D eigenvalue weighted by Crippen LogP contribution is 2.08. The lowest BCUT2D eigenvalue weighted by Gasteiger charge is -2.27. The number of carboxylic acids is 1. The molecule has 0 aliphatic carbocycles. The van der Waals surface area contributed by atoms with E-state index in [4.69, 9.17) is 11.5 Å². The fourth-order valence-electron chi connectivity index (χ4n) is 3.07. The van der Waals surface area contributed by atoms with Crippen molar-refractivity contribution in [3.8, 4) is 0 Å². The summed E-state index contributed by atoms with van der Waals surface area (Å²) < 4.78 is 0. The third kappa shape index (κ3) is 9.16. The normalized spacial score (nSPS) is 15.4. The van der Waals surface area contributed by atoms with Crippen LogP contribution in [0.3, 0.4) is 0 Å². The van der Waals surface area contributed by atoms with E-state index in [0.717, 1.165) is 0 Å². The summed E-state index contributed by atoms with van der Waals surface area (Å²) in [5, 5.41) is 26.2. The van der Waals surface area contributed by atoms with Gasteiger partial charge in [0.2, 0.25) is 23.6 Å². The fraction of sp³-hybridized carbons (Fsp3) is 0.500. The van der Waals surface area contributed by atoms with Gasteiger partial charge < -0.3 is 37.6 Å². The molecule has 5 atom stereocenters. The van der Waals surface area contributed by atoms with E-state index in [-0.39, 0.29) is 6.42 Å². The highest BCUT2D eigenvalue weighted by atomic mass is 16.4. The van der Waals surface area contributed by atoms with Crippen molar-refractivity contribution in [3.63, 3.8) is 0 Å². The number of primary amides is 1. The zero-order valence-corrected chi connectivity index (χ0v) is 19.4. The summed E-state index contributed by atoms with van der Waals surface area (Å²) in [5.74, 6) is -4.95. The van der Waals surface area contributed by atoms with E-state index in [1.165, 1.54) is 6.92 Å². The first kappa shape index (κ1) is 28.5. The molecule has 34 heavy (non-hydrogen) atoms. The Morgan fingerprint density at radius 2 is 1.44 bits per heavy atom. The molecule has 1 aromatic rings. The molecule has 1 rings (SSSR count). The number of carbonyl (C=O) groups is 5. The van der Waals surface area contributed by atoms with Crippen molar-refractivity contribution in [1.29, 1.82) is 0 Å². The van der Waals surface area contributed by atoms with E-state index in [9.17, 15) is 34.2 Å². The number of rotatable bonds is 13. The number of hydrogen-bond acceptors (Lipinski definition) is 7. The number of aliphatic hydroxyl groups excluding tert-OH is 1. The Labute approximate surface area is 197 Å². The second kappa shape index (κ2) is 13.3. The molecular weight excluding hydrogens is 446 g/mol. The van der Waals surface area contributed by atoms with Crippen molar-refractivity contribution in [1.82, 2.24) is 16.0 Å². The quantitative estimate of drug-likeness (QED) is 0.168. The summed E-state index contributed by atoms with van der Waals surface area (Å²) in [5.41, 5.74) is 11.4. The van der Waals surface area contributed by atoms with E-state index in [0.29, 0.717) is 5.56 Å². The molecule has 0 saturated heterocycles. The number of benzene rings is 1. The van der Waals surface area contributed by atoms with Crippen LogP contribution in [0.25, 0.3) is 0 Å². The van der Waals surface area contributed by atoms with Gasteiger partial charge in [0.15, 0.2) is 6.04 Å². The Hall–Kier alpha value is -3.51. The van der Waals surface area contributed by atoms with Gasteiger partial charge in [0.25, 0.3) is 0 Å². The third-order valence-corrected chi connectivity index (χ3v) is 4.97. The second-order valence-electron chi connectivity index (χ2n) is 8.32. The average Bonchev–Trinajstić information content (AvgIpc) is 2.74. The van der Waals surface area contributed by atoms with Crippen LogP contribution in [0.5, 0.6) is 0 Å². The highest BCUT2D eigenvalue weighted by Gasteiger charge is 2.33. The molecule has 0 fully saturated rings. The molecule has 188 valence electrons. The predicted molar refractivity (Wildman–Crippen MR) is 122 cm³/mol. The van der Waals surface area contributed by atoms with Crippen molar-refractivity contribution < 1.29 is 34.2 Å². The standard InChI is InChI=1S/C22H33N5O7/c1-11(2)17(26-19(30)14(23)10-16(24)29)21(32)25-15(9-13-7-5-4-6-8-13)20(31)27-18(12(3)28)22(33)34/h4-8,11-12,14-15,17-18,28H,9-10,23H2,1-3H3,(H2,24,29)(H,25,32)(H,26,30)(H,27,31)(H,33,34). The first-order chi connectivity index (χ1) is 15.8. The van der Waals surface area contributed by atoms with Crippen LogP contribution in [0.1, 0.15) is 32.8 Å². The summed E-state index contributed by atoms with van der Waals surface area (Å²) in [6.07, 6.45) is -1.78. The number of aliphatic hydroxyl groups is 1. The van der Waals surface area contributed by atoms with Gasteiger partial charge in [-0.05, 0) is 18.4 Å². The van der Waals surface area contributed by atoms with Crippen LogP contribution in [0, 0.1) is 5.92 Å². The van der Waals surface area contributed by atoms with Gasteiger partial charge in [-0.2, -0.15) is 0 Å². The van der Waals surface area contributed by atoms with Gasteiger partial charge in [0.1, 0.15) is 12.1 Å². The maximum atomic E-state index is 13.0. The van der Waals surface area contributed by atoms with Crippen molar-refractivity contribution >= 4 is 29.6 Å². The number of aliphatic carboxylic acids is 1. The molecule has 12 heteroatoms. The van der Waals surface area contributed by atoms with Crippen LogP contribution < -0.4 is 27.4 Å². The SMILES string of the molecule is CC(C)C(NC(=O)C(N)CC(N)=O)C(=O)NC(Cc1ccccc1)C(=O)NC(C(=O)O)C(C)O. The van der Waals surface area contributed by atoms with Gasteiger partial charge in [-0.1, -0.05) is 44.2 Å². The molecule has 0 aliphatic heterocycles. The molecule has 9 N–H and O–H groups in total. The van der Waals surface area contributed by atoms with Gasteiger partial charge in [-0.25, -0.2) is 4.79 Å². The molecule has 12 nitrogen and oxygen atoms in total. The number of amides is 4. The molecule has 0 spiro atoms. The van der Waals surface area contributed by atoms with Crippen molar-refractivity contribution in [3.05, 3.63) is 35.9 Å². The summed E-state index contributed by atoms with van der Waals surface area (Å²) in [4.78, 5) is 60.6. The minimum atomic E-state index is -1.59. The Bertz CT molecular complexity index is 876. The fourth-order valence-corrected chi connectivity index (χ4v) is 3.07. The lowest BCUT2D eigenvalue weighted by molar-refractivity contribution is -0.145. The van der Waals surface area contributed by atoms with Gasteiger partial charge in [0.05, 0.1) is 18.6 Å². The lowest BCUT2D eigenvalue weighted by Crippen LogP contribution is -2.59. The first-order valence-electron chi connectivity index (χ1n) is 10.7. The van der Waals surface area contributed by atoms with Crippen LogP contribution >= 0.6 is 0 Å². The maximum absolute atomic E-state index is 13.0. The van der Waals surface area contributed by atoms with Gasteiger partial charge in [-0.3, -0.25) is 19.2 Å². The third-order valence-electron chi connectivity index (χ3n) is 4.97. The van der Waals surface area contributed by atoms with Crippen molar-refractivity contribution in [2.24, 2.45) is 17.4 Å². The molecule has 0 bridgehead atoms. The van der Waals surface area contributed by atoms with Gasteiger partial charge in [0, 0.05) is 6.42 Å². The maximum Gasteiger partial charge on any atom is 0.328 e. The monoisotopic (exact) mass is 479 g/mol. The summed E-state index contributed by atoms with van der Waals surface area (Å²) in [6.45, 7) is 4.53. The molecule has 0 radical (unpaired) electrons. The van der Waals surface area contributed by atoms with E-state index in [1.807, 2.05) is 0 Å². The van der Waals surface area contributed by atoms with E-state index < -0.39 is 72.2 Å². The van der Waals surface area contributed by atoms with Crippen LogP contribution in [-0.4, -0.2) is 70.1 Å². The Morgan fingerprint density at radius 1 is 0.882 bits per heavy atom. The molecule has 1 aromatic carbocycles. The number of nitrogens with one attached hydrogen (secondary N) is 3. The Kier molecular flexibility index (Phi) is 11.1. The molecule has 0 heterocycles. The van der Waals surface area contributed by atoms with Crippen LogP contribution in [-0.2, 0) is 30.4 Å². The lowest BCUT2D eigenvalue weighted by atomic mass is 10.00. The second-order valence-corrected chi connectivity index (χ2v) is 8.32. The van der Waals surface area contributed by atoms with Crippen LogP contribution in [0.2, 0.25) is 0 Å². The van der Waals surface area contributed by atoms with Crippen LogP contribution in [0.15, 0.2) is 30.3 Å².